The monoisotopic (exact) mass is 510 g/mol. The van der Waals surface area contributed by atoms with Gasteiger partial charge in [-0.25, -0.2) is 8.78 Å². The van der Waals surface area contributed by atoms with E-state index in [9.17, 15) is 8.78 Å². The summed E-state index contributed by atoms with van der Waals surface area (Å²) in [6.07, 6.45) is 5.92. The molecular formula is C31H33F3O3. The van der Waals surface area contributed by atoms with Gasteiger partial charge < -0.3 is 14.2 Å². The number of hydrogen-bond donors (Lipinski definition) is 0. The fraction of sp³-hybridized carbons (Fsp3) is 0.355. The third-order valence-electron chi connectivity index (χ3n) is 6.57. The Morgan fingerprint density at radius 3 is 2.22 bits per heavy atom. The standard InChI is InChI=1S/C31H33F3O3/c1-3-5-7-17-35-28-16-15-26(29(33)30(28)34)23-11-9-22(10-12-23)25-14-13-24(18-27(25)32)31-36-19-21(20-37-31)8-6-4-2/h4,9-16,18,21,31H,2-3,5-8,17,19-20H2,1H3. The topological polar surface area (TPSA) is 27.7 Å². The van der Waals surface area contributed by atoms with Crippen LogP contribution in [0.4, 0.5) is 13.2 Å². The van der Waals surface area contributed by atoms with Gasteiger partial charge in [0.2, 0.25) is 5.82 Å². The van der Waals surface area contributed by atoms with Gasteiger partial charge in [0.1, 0.15) is 5.82 Å². The highest BCUT2D eigenvalue weighted by atomic mass is 19.2. The lowest BCUT2D eigenvalue weighted by Crippen LogP contribution is -2.27. The summed E-state index contributed by atoms with van der Waals surface area (Å²) in [7, 11) is 0. The van der Waals surface area contributed by atoms with E-state index in [2.05, 4.69) is 13.5 Å². The zero-order valence-electron chi connectivity index (χ0n) is 21.2. The van der Waals surface area contributed by atoms with Gasteiger partial charge in [-0.2, -0.15) is 4.39 Å². The van der Waals surface area contributed by atoms with Crippen molar-refractivity contribution in [1.29, 1.82) is 0 Å². The second-order valence-electron chi connectivity index (χ2n) is 9.34. The van der Waals surface area contributed by atoms with Gasteiger partial charge in [-0.05, 0) is 48.6 Å². The lowest BCUT2D eigenvalue weighted by molar-refractivity contribution is -0.205. The van der Waals surface area contributed by atoms with Crippen molar-refractivity contribution in [2.75, 3.05) is 19.8 Å². The van der Waals surface area contributed by atoms with E-state index < -0.39 is 23.7 Å². The predicted octanol–water partition coefficient (Wildman–Crippen LogP) is 8.63. The number of ether oxygens (including phenoxy) is 3. The van der Waals surface area contributed by atoms with Crippen LogP contribution in [0.3, 0.4) is 0 Å². The van der Waals surface area contributed by atoms with E-state index in [1.165, 1.54) is 18.2 Å². The molecular weight excluding hydrogens is 477 g/mol. The predicted molar refractivity (Wildman–Crippen MR) is 140 cm³/mol. The molecule has 0 aromatic heterocycles. The molecule has 1 aliphatic rings. The molecule has 3 nitrogen and oxygen atoms in total. The minimum absolute atomic E-state index is 0.0886. The quantitative estimate of drug-likeness (QED) is 0.191. The van der Waals surface area contributed by atoms with Crippen LogP contribution in [0.1, 0.15) is 50.9 Å². The summed E-state index contributed by atoms with van der Waals surface area (Å²) < 4.78 is 61.3. The molecule has 0 bridgehead atoms. The van der Waals surface area contributed by atoms with Crippen molar-refractivity contribution in [1.82, 2.24) is 0 Å². The van der Waals surface area contributed by atoms with Crippen LogP contribution in [0.25, 0.3) is 22.3 Å². The lowest BCUT2D eigenvalue weighted by atomic mass is 9.98. The largest absolute Gasteiger partial charge is 0.490 e. The summed E-state index contributed by atoms with van der Waals surface area (Å²) in [4.78, 5) is 0. The van der Waals surface area contributed by atoms with E-state index in [0.29, 0.717) is 48.0 Å². The maximum absolute atomic E-state index is 15.0. The Kier molecular flexibility index (Phi) is 9.42. The highest BCUT2D eigenvalue weighted by Gasteiger charge is 2.24. The van der Waals surface area contributed by atoms with Crippen molar-refractivity contribution in [3.8, 4) is 28.0 Å². The average Bonchev–Trinajstić information content (AvgIpc) is 2.92. The van der Waals surface area contributed by atoms with E-state index in [1.807, 2.05) is 6.08 Å². The van der Waals surface area contributed by atoms with Crippen LogP contribution < -0.4 is 4.74 Å². The lowest BCUT2D eigenvalue weighted by Gasteiger charge is -2.29. The van der Waals surface area contributed by atoms with Crippen LogP contribution in [0.15, 0.2) is 67.3 Å². The third kappa shape index (κ3) is 6.62. The number of hydrogen-bond acceptors (Lipinski definition) is 3. The fourth-order valence-corrected chi connectivity index (χ4v) is 4.40. The van der Waals surface area contributed by atoms with Gasteiger partial charge in [-0.3, -0.25) is 0 Å². The molecule has 37 heavy (non-hydrogen) atoms. The Balaban J connectivity index is 1.44. The molecule has 196 valence electrons. The molecule has 3 aromatic carbocycles. The Morgan fingerprint density at radius 2 is 1.57 bits per heavy atom. The first-order valence-electron chi connectivity index (χ1n) is 12.9. The maximum Gasteiger partial charge on any atom is 0.201 e. The van der Waals surface area contributed by atoms with Gasteiger partial charge in [0.25, 0.3) is 0 Å². The van der Waals surface area contributed by atoms with Gasteiger partial charge in [0, 0.05) is 22.6 Å². The van der Waals surface area contributed by atoms with Crippen LogP contribution in [-0.2, 0) is 9.47 Å². The average molecular weight is 511 g/mol. The number of unbranched alkanes of at least 4 members (excludes halogenated alkanes) is 2. The van der Waals surface area contributed by atoms with E-state index in [-0.39, 0.29) is 11.3 Å². The van der Waals surface area contributed by atoms with E-state index >= 15 is 4.39 Å². The first-order valence-corrected chi connectivity index (χ1v) is 12.9. The Labute approximate surface area is 216 Å². The SMILES string of the molecule is C=CCCC1COC(c2ccc(-c3ccc(-c4ccc(OCCCCC)c(F)c4F)cc3)c(F)c2)OC1. The van der Waals surface area contributed by atoms with Gasteiger partial charge in [-0.15, -0.1) is 6.58 Å². The molecule has 1 heterocycles. The highest BCUT2D eigenvalue weighted by Crippen LogP contribution is 2.34. The summed E-state index contributed by atoms with van der Waals surface area (Å²) >= 11 is 0. The number of benzene rings is 3. The summed E-state index contributed by atoms with van der Waals surface area (Å²) in [5.41, 5.74) is 2.26. The summed E-state index contributed by atoms with van der Waals surface area (Å²) in [5.74, 6) is -2.15. The molecule has 3 aromatic rings. The van der Waals surface area contributed by atoms with Gasteiger partial charge in [-0.1, -0.05) is 62.2 Å². The minimum Gasteiger partial charge on any atom is -0.490 e. The first kappa shape index (κ1) is 27.0. The third-order valence-corrected chi connectivity index (χ3v) is 6.57. The summed E-state index contributed by atoms with van der Waals surface area (Å²) in [6, 6.07) is 14.5. The molecule has 6 heteroatoms. The van der Waals surface area contributed by atoms with Crippen molar-refractivity contribution in [3.63, 3.8) is 0 Å². The molecule has 1 saturated heterocycles. The molecule has 0 unspecified atom stereocenters. The van der Waals surface area contributed by atoms with Crippen molar-refractivity contribution < 1.29 is 27.4 Å². The molecule has 0 radical (unpaired) electrons. The zero-order chi connectivity index (χ0) is 26.2. The molecule has 0 aliphatic carbocycles. The molecule has 0 amide bonds. The fourth-order valence-electron chi connectivity index (χ4n) is 4.40. The summed E-state index contributed by atoms with van der Waals surface area (Å²) in [5, 5.41) is 0. The van der Waals surface area contributed by atoms with Gasteiger partial charge in [0.05, 0.1) is 19.8 Å². The van der Waals surface area contributed by atoms with Crippen LogP contribution in [-0.4, -0.2) is 19.8 Å². The van der Waals surface area contributed by atoms with Crippen molar-refractivity contribution in [2.45, 2.75) is 45.3 Å². The first-order chi connectivity index (χ1) is 18.0. The van der Waals surface area contributed by atoms with Crippen molar-refractivity contribution >= 4 is 0 Å². The number of halogens is 3. The van der Waals surface area contributed by atoms with Gasteiger partial charge in [0.15, 0.2) is 17.9 Å². The molecule has 0 saturated carbocycles. The molecule has 4 rings (SSSR count). The maximum atomic E-state index is 15.0. The molecule has 1 fully saturated rings. The minimum atomic E-state index is -1.00. The van der Waals surface area contributed by atoms with Crippen LogP contribution in [0, 0.1) is 23.4 Å². The Hall–Kier alpha value is -3.09. The normalized spacial score (nSPS) is 17.5. The summed E-state index contributed by atoms with van der Waals surface area (Å²) in [6.45, 7) is 7.27. The van der Waals surface area contributed by atoms with Crippen LogP contribution in [0.5, 0.6) is 5.75 Å². The molecule has 1 aliphatic heterocycles. The van der Waals surface area contributed by atoms with Crippen molar-refractivity contribution in [3.05, 3.63) is 90.3 Å². The smallest absolute Gasteiger partial charge is 0.201 e. The second kappa shape index (κ2) is 12.9. The molecule has 0 atom stereocenters. The van der Waals surface area contributed by atoms with E-state index in [0.717, 1.165) is 32.1 Å². The highest BCUT2D eigenvalue weighted by molar-refractivity contribution is 5.71. The molecule has 0 N–H and O–H groups in total. The Morgan fingerprint density at radius 1 is 0.892 bits per heavy atom. The second-order valence-corrected chi connectivity index (χ2v) is 9.34. The number of rotatable bonds is 11. The number of allylic oxidation sites excluding steroid dienone is 1. The van der Waals surface area contributed by atoms with Crippen LogP contribution >= 0.6 is 0 Å². The van der Waals surface area contributed by atoms with E-state index in [4.69, 9.17) is 14.2 Å². The zero-order valence-corrected chi connectivity index (χ0v) is 21.2. The van der Waals surface area contributed by atoms with Crippen LogP contribution in [0.2, 0.25) is 0 Å². The Bertz CT molecular complexity index is 1190. The molecule has 0 spiro atoms. The van der Waals surface area contributed by atoms with Gasteiger partial charge >= 0.3 is 0 Å². The van der Waals surface area contributed by atoms with E-state index in [1.54, 1.807) is 36.4 Å². The van der Waals surface area contributed by atoms with Crippen molar-refractivity contribution in [2.24, 2.45) is 5.92 Å².